The second-order valence-corrected chi connectivity index (χ2v) is 9.05. The number of benzene rings is 3. The molecule has 146 valence electrons. The van der Waals surface area contributed by atoms with Gasteiger partial charge >= 0.3 is 0 Å². The van der Waals surface area contributed by atoms with E-state index >= 15 is 0 Å². The molecular formula is C23H25NO3S. The van der Waals surface area contributed by atoms with Crippen molar-refractivity contribution in [3.63, 3.8) is 0 Å². The van der Waals surface area contributed by atoms with E-state index in [1.54, 1.807) is 25.1 Å². The van der Waals surface area contributed by atoms with Crippen LogP contribution < -0.4 is 4.72 Å². The third-order valence-electron chi connectivity index (χ3n) is 5.01. The van der Waals surface area contributed by atoms with Gasteiger partial charge in [0.15, 0.2) is 0 Å². The fourth-order valence-electron chi connectivity index (χ4n) is 2.95. The minimum atomic E-state index is -3.70. The predicted octanol–water partition coefficient (Wildman–Crippen LogP) is 4.16. The molecule has 2 N–H and O–H groups in total. The van der Waals surface area contributed by atoms with Gasteiger partial charge in [-0.15, -0.1) is 0 Å². The Bertz CT molecular complexity index is 1060. The summed E-state index contributed by atoms with van der Waals surface area (Å²) in [5.41, 5.74) is 3.38. The van der Waals surface area contributed by atoms with E-state index < -0.39 is 15.6 Å². The molecule has 0 saturated heterocycles. The Balaban J connectivity index is 1.75. The number of aliphatic hydroxyl groups is 1. The molecule has 3 aromatic carbocycles. The van der Waals surface area contributed by atoms with E-state index in [0.717, 1.165) is 22.3 Å². The largest absolute Gasteiger partial charge is 0.384 e. The third kappa shape index (κ3) is 4.50. The molecule has 0 aliphatic rings. The van der Waals surface area contributed by atoms with Gasteiger partial charge in [0.25, 0.3) is 0 Å². The first-order valence-electron chi connectivity index (χ1n) is 9.14. The van der Waals surface area contributed by atoms with Crippen LogP contribution in [0.1, 0.15) is 23.6 Å². The maximum absolute atomic E-state index is 12.6. The van der Waals surface area contributed by atoms with E-state index in [-0.39, 0.29) is 11.4 Å². The molecule has 0 saturated carbocycles. The van der Waals surface area contributed by atoms with Crippen molar-refractivity contribution in [3.8, 4) is 11.1 Å². The highest BCUT2D eigenvalue weighted by Crippen LogP contribution is 2.25. The maximum Gasteiger partial charge on any atom is 0.240 e. The molecule has 0 bridgehead atoms. The molecule has 0 heterocycles. The van der Waals surface area contributed by atoms with Crippen LogP contribution in [0.4, 0.5) is 0 Å². The van der Waals surface area contributed by atoms with Gasteiger partial charge in [0.05, 0.1) is 4.90 Å². The first kappa shape index (κ1) is 20.3. The van der Waals surface area contributed by atoms with Gasteiger partial charge in [-0.1, -0.05) is 60.7 Å². The van der Waals surface area contributed by atoms with Crippen LogP contribution in [0.5, 0.6) is 0 Å². The summed E-state index contributed by atoms with van der Waals surface area (Å²) in [4.78, 5) is 0.200. The Morgan fingerprint density at radius 3 is 2.07 bits per heavy atom. The summed E-state index contributed by atoms with van der Waals surface area (Å²) in [7, 11) is -3.70. The minimum absolute atomic E-state index is 0.118. The molecule has 0 aliphatic heterocycles. The molecule has 0 aliphatic carbocycles. The summed E-state index contributed by atoms with van der Waals surface area (Å²) in [6, 6.07) is 22.5. The second-order valence-electron chi connectivity index (χ2n) is 7.29. The Labute approximate surface area is 166 Å². The molecule has 3 aromatic rings. The van der Waals surface area contributed by atoms with E-state index in [2.05, 4.69) is 4.72 Å². The first-order chi connectivity index (χ1) is 13.2. The van der Waals surface area contributed by atoms with Crippen molar-refractivity contribution in [2.45, 2.75) is 31.3 Å². The highest BCUT2D eigenvalue weighted by Gasteiger charge is 2.26. The fourth-order valence-corrected chi connectivity index (χ4v) is 4.17. The van der Waals surface area contributed by atoms with Crippen molar-refractivity contribution in [2.75, 3.05) is 6.54 Å². The van der Waals surface area contributed by atoms with E-state index in [0.29, 0.717) is 5.56 Å². The molecule has 0 fully saturated rings. The zero-order valence-electron chi connectivity index (χ0n) is 16.3. The zero-order valence-corrected chi connectivity index (χ0v) is 17.1. The van der Waals surface area contributed by atoms with Gasteiger partial charge in [-0.3, -0.25) is 0 Å². The first-order valence-corrected chi connectivity index (χ1v) is 10.6. The van der Waals surface area contributed by atoms with E-state index in [1.807, 2.05) is 68.4 Å². The third-order valence-corrected chi connectivity index (χ3v) is 6.41. The lowest BCUT2D eigenvalue weighted by Gasteiger charge is -2.24. The van der Waals surface area contributed by atoms with Crippen LogP contribution in [0.2, 0.25) is 0 Å². The smallest absolute Gasteiger partial charge is 0.240 e. The van der Waals surface area contributed by atoms with Gasteiger partial charge in [-0.25, -0.2) is 13.1 Å². The Hall–Kier alpha value is -2.47. The van der Waals surface area contributed by atoms with Crippen LogP contribution >= 0.6 is 0 Å². The fraction of sp³-hybridized carbons (Fsp3) is 0.217. The number of rotatable bonds is 6. The number of hydrogen-bond donors (Lipinski definition) is 2. The van der Waals surface area contributed by atoms with Crippen LogP contribution in [-0.4, -0.2) is 20.1 Å². The van der Waals surface area contributed by atoms with Gasteiger partial charge in [-0.05, 0) is 60.7 Å². The average molecular weight is 396 g/mol. The summed E-state index contributed by atoms with van der Waals surface area (Å²) >= 11 is 0. The van der Waals surface area contributed by atoms with Crippen LogP contribution in [0.15, 0.2) is 77.7 Å². The number of nitrogens with one attached hydrogen (secondary N) is 1. The zero-order chi connectivity index (χ0) is 20.4. The van der Waals surface area contributed by atoms with Crippen LogP contribution in [0.25, 0.3) is 11.1 Å². The lowest BCUT2D eigenvalue weighted by molar-refractivity contribution is 0.0627. The van der Waals surface area contributed by atoms with Crippen molar-refractivity contribution in [1.82, 2.24) is 4.72 Å². The monoisotopic (exact) mass is 395 g/mol. The summed E-state index contributed by atoms with van der Waals surface area (Å²) in [5.74, 6) is 0. The Morgan fingerprint density at radius 1 is 0.857 bits per heavy atom. The van der Waals surface area contributed by atoms with E-state index in [9.17, 15) is 13.5 Å². The molecule has 4 nitrogen and oxygen atoms in total. The van der Waals surface area contributed by atoms with Crippen molar-refractivity contribution in [1.29, 1.82) is 0 Å². The molecule has 3 rings (SSSR count). The molecule has 5 heteroatoms. The minimum Gasteiger partial charge on any atom is -0.384 e. The summed E-state index contributed by atoms with van der Waals surface area (Å²) in [6.07, 6.45) is 0. The number of aryl methyl sites for hydroxylation is 2. The Kier molecular flexibility index (Phi) is 5.70. The van der Waals surface area contributed by atoms with Crippen LogP contribution in [0.3, 0.4) is 0 Å². The summed E-state index contributed by atoms with van der Waals surface area (Å²) in [5, 5.41) is 10.8. The van der Waals surface area contributed by atoms with Crippen molar-refractivity contribution in [2.24, 2.45) is 0 Å². The lowest BCUT2D eigenvalue weighted by Crippen LogP contribution is -2.38. The quantitative estimate of drug-likeness (QED) is 0.659. The average Bonchev–Trinajstić information content (AvgIpc) is 2.69. The van der Waals surface area contributed by atoms with Gasteiger partial charge in [0.1, 0.15) is 5.60 Å². The van der Waals surface area contributed by atoms with Crippen molar-refractivity contribution >= 4 is 10.0 Å². The predicted molar refractivity (Wildman–Crippen MR) is 113 cm³/mol. The normalized spacial score (nSPS) is 13.9. The molecular weight excluding hydrogens is 370 g/mol. The SMILES string of the molecule is Cc1ccc(S(=O)(=O)NCC(C)(O)c2ccc(-c3ccccc3)cc2)cc1C. The lowest BCUT2D eigenvalue weighted by atomic mass is 9.94. The second kappa shape index (κ2) is 7.87. The maximum atomic E-state index is 12.6. The van der Waals surface area contributed by atoms with Crippen molar-refractivity contribution in [3.05, 3.63) is 89.5 Å². The molecule has 0 aromatic heterocycles. The highest BCUT2D eigenvalue weighted by atomic mass is 32.2. The van der Waals surface area contributed by atoms with Crippen molar-refractivity contribution < 1.29 is 13.5 Å². The molecule has 0 amide bonds. The van der Waals surface area contributed by atoms with Crippen LogP contribution in [-0.2, 0) is 15.6 Å². The van der Waals surface area contributed by atoms with Gasteiger partial charge in [0.2, 0.25) is 10.0 Å². The van der Waals surface area contributed by atoms with Crippen LogP contribution in [0, 0.1) is 13.8 Å². The standard InChI is InChI=1S/C23H25NO3S/c1-17-9-14-22(15-18(17)2)28(26,27)24-16-23(3,25)21-12-10-20(11-13-21)19-7-5-4-6-8-19/h4-15,24-25H,16H2,1-3H3. The molecule has 1 atom stereocenters. The van der Waals surface area contributed by atoms with Gasteiger partial charge < -0.3 is 5.11 Å². The van der Waals surface area contributed by atoms with E-state index in [4.69, 9.17) is 0 Å². The number of hydrogen-bond acceptors (Lipinski definition) is 3. The molecule has 0 spiro atoms. The summed E-state index contributed by atoms with van der Waals surface area (Å²) < 4.78 is 27.7. The van der Waals surface area contributed by atoms with Gasteiger partial charge in [0, 0.05) is 6.54 Å². The summed E-state index contributed by atoms with van der Waals surface area (Å²) in [6.45, 7) is 5.29. The van der Waals surface area contributed by atoms with E-state index in [1.165, 1.54) is 0 Å². The topological polar surface area (TPSA) is 66.4 Å². The Morgan fingerprint density at radius 2 is 1.46 bits per heavy atom. The molecule has 1 unspecified atom stereocenters. The highest BCUT2D eigenvalue weighted by molar-refractivity contribution is 7.89. The molecule has 28 heavy (non-hydrogen) atoms. The molecule has 0 radical (unpaired) electrons. The van der Waals surface area contributed by atoms with Gasteiger partial charge in [-0.2, -0.15) is 0 Å². The number of sulfonamides is 1.